The van der Waals surface area contributed by atoms with Crippen LogP contribution in [-0.2, 0) is 16.1 Å². The largest absolute Gasteiger partial charge is 0.403 e. The van der Waals surface area contributed by atoms with Crippen LogP contribution in [0.25, 0.3) is 11.0 Å². The van der Waals surface area contributed by atoms with Gasteiger partial charge in [0.1, 0.15) is 5.41 Å². The van der Waals surface area contributed by atoms with E-state index < -0.39 is 17.5 Å². The van der Waals surface area contributed by atoms with Crippen LogP contribution in [0.5, 0.6) is 0 Å². The zero-order valence-electron chi connectivity index (χ0n) is 20.4. The number of rotatable bonds is 6. The van der Waals surface area contributed by atoms with Crippen molar-refractivity contribution >= 4 is 63.4 Å². The van der Waals surface area contributed by atoms with Gasteiger partial charge in [-0.2, -0.15) is 13.2 Å². The number of aromatic amines is 1. The van der Waals surface area contributed by atoms with E-state index >= 15 is 0 Å². The summed E-state index contributed by atoms with van der Waals surface area (Å²) >= 11 is 12.9. The first kappa shape index (κ1) is 26.4. The van der Waals surface area contributed by atoms with Gasteiger partial charge in [0.25, 0.3) is 0 Å². The maximum Gasteiger partial charge on any atom is 0.403 e. The van der Waals surface area contributed by atoms with Crippen LogP contribution in [-0.4, -0.2) is 59.0 Å². The molecule has 5 rings (SSSR count). The van der Waals surface area contributed by atoms with Gasteiger partial charge in [0.2, 0.25) is 17.8 Å². The number of anilines is 3. The molecule has 1 saturated carbocycles. The number of nitrogens with zero attached hydrogens (tertiary/aromatic N) is 3. The van der Waals surface area contributed by atoms with Crippen molar-refractivity contribution < 1.29 is 22.8 Å². The van der Waals surface area contributed by atoms with E-state index in [1.54, 1.807) is 36.1 Å². The minimum Gasteiger partial charge on any atom is -0.367 e. The fourth-order valence-corrected chi connectivity index (χ4v) is 5.05. The smallest absolute Gasteiger partial charge is 0.367 e. The lowest BCUT2D eigenvalue weighted by Crippen LogP contribution is -2.48. The molecule has 2 amide bonds. The molecule has 0 atom stereocenters. The quantitative estimate of drug-likeness (QED) is 0.378. The van der Waals surface area contributed by atoms with Crippen LogP contribution in [0.15, 0.2) is 30.3 Å². The molecule has 1 saturated heterocycles. The van der Waals surface area contributed by atoms with E-state index in [9.17, 15) is 22.8 Å². The molecule has 2 aliphatic rings. The van der Waals surface area contributed by atoms with Crippen molar-refractivity contribution in [2.75, 3.05) is 36.4 Å². The number of fused-ring (bicyclic) bond motifs is 1. The maximum absolute atomic E-state index is 13.2. The Kier molecular flexibility index (Phi) is 6.85. The average molecular weight is 569 g/mol. The highest BCUT2D eigenvalue weighted by Gasteiger charge is 2.68. The number of H-pyrrole nitrogens is 1. The number of hydrogen-bond acceptors (Lipinski definition) is 5. The number of benzene rings is 2. The molecule has 0 bridgehead atoms. The molecule has 1 aliphatic carbocycles. The lowest BCUT2D eigenvalue weighted by Gasteiger charge is -2.36. The number of halogens is 5. The highest BCUT2D eigenvalue weighted by molar-refractivity contribution is 6.34. The van der Waals surface area contributed by atoms with E-state index in [0.717, 1.165) is 5.69 Å². The number of nitrogens with one attached hydrogen (secondary N) is 3. The van der Waals surface area contributed by atoms with Gasteiger partial charge >= 0.3 is 6.18 Å². The number of aromatic nitrogens is 2. The molecule has 0 unspecified atom stereocenters. The van der Waals surface area contributed by atoms with Gasteiger partial charge in [-0.05, 0) is 42.7 Å². The zero-order chi connectivity index (χ0) is 27.2. The summed E-state index contributed by atoms with van der Waals surface area (Å²) in [6.07, 6.45) is -4.94. The van der Waals surface area contributed by atoms with Crippen LogP contribution in [0.1, 0.15) is 25.3 Å². The highest BCUT2D eigenvalue weighted by atomic mass is 35.5. The third kappa shape index (κ3) is 5.09. The first-order valence-corrected chi connectivity index (χ1v) is 12.8. The molecule has 2 heterocycles. The van der Waals surface area contributed by atoms with Crippen molar-refractivity contribution in [3.63, 3.8) is 0 Å². The Bertz CT molecular complexity index is 1400. The number of piperazine rings is 1. The van der Waals surface area contributed by atoms with E-state index in [1.807, 2.05) is 6.07 Å². The van der Waals surface area contributed by atoms with Gasteiger partial charge < -0.3 is 25.4 Å². The van der Waals surface area contributed by atoms with Crippen LogP contribution in [0, 0.1) is 5.41 Å². The second-order valence-corrected chi connectivity index (χ2v) is 10.4. The van der Waals surface area contributed by atoms with E-state index in [4.69, 9.17) is 23.2 Å². The first-order valence-electron chi connectivity index (χ1n) is 12.1. The summed E-state index contributed by atoms with van der Waals surface area (Å²) in [7, 11) is 0. The van der Waals surface area contributed by atoms with Gasteiger partial charge in [-0.3, -0.25) is 9.59 Å². The van der Waals surface area contributed by atoms with Crippen molar-refractivity contribution in [2.24, 2.45) is 5.41 Å². The fraction of sp³-hybridized carbons (Fsp3) is 0.400. The minimum atomic E-state index is -4.56. The summed E-state index contributed by atoms with van der Waals surface area (Å²) in [5.41, 5.74) is 0.974. The second-order valence-electron chi connectivity index (χ2n) is 9.60. The Labute approximate surface area is 226 Å². The van der Waals surface area contributed by atoms with Crippen LogP contribution in [0.3, 0.4) is 0 Å². The SMILES string of the molecule is CC(=O)N1CCN(c2cc3nc(Nc4cc(CNC(=O)C5(C(F)(F)F)CC5)ccc4Cl)[nH]c3cc2Cl)CC1. The number of amides is 2. The Balaban J connectivity index is 1.29. The van der Waals surface area contributed by atoms with Crippen molar-refractivity contribution in [1.82, 2.24) is 20.2 Å². The number of hydrogen-bond donors (Lipinski definition) is 3. The lowest BCUT2D eigenvalue weighted by molar-refractivity contribution is -0.192. The van der Waals surface area contributed by atoms with Gasteiger partial charge in [-0.15, -0.1) is 0 Å². The molecule has 3 aromatic rings. The molecule has 38 heavy (non-hydrogen) atoms. The minimum absolute atomic E-state index is 0.0486. The van der Waals surface area contributed by atoms with E-state index in [1.165, 1.54) is 0 Å². The Morgan fingerprint density at radius 1 is 1.08 bits per heavy atom. The summed E-state index contributed by atoms with van der Waals surface area (Å²) < 4.78 is 39.6. The van der Waals surface area contributed by atoms with Crippen LogP contribution >= 0.6 is 23.2 Å². The third-order valence-electron chi connectivity index (χ3n) is 7.08. The molecule has 13 heteroatoms. The van der Waals surface area contributed by atoms with E-state index in [-0.39, 0.29) is 25.3 Å². The van der Waals surface area contributed by atoms with E-state index in [0.29, 0.717) is 64.5 Å². The average Bonchev–Trinajstić information content (AvgIpc) is 3.61. The molecule has 0 spiro atoms. The molecule has 2 fully saturated rings. The van der Waals surface area contributed by atoms with Gasteiger partial charge in [0.15, 0.2) is 0 Å². The van der Waals surface area contributed by atoms with Gasteiger partial charge in [-0.25, -0.2) is 4.98 Å². The van der Waals surface area contributed by atoms with Gasteiger partial charge in [-0.1, -0.05) is 29.3 Å². The van der Waals surface area contributed by atoms with Gasteiger partial charge in [0.05, 0.1) is 32.5 Å². The molecule has 1 aliphatic heterocycles. The molecular formula is C25H25Cl2F3N6O2. The molecule has 1 aromatic heterocycles. The summed E-state index contributed by atoms with van der Waals surface area (Å²) in [6, 6.07) is 8.54. The van der Waals surface area contributed by atoms with Crippen molar-refractivity contribution in [2.45, 2.75) is 32.5 Å². The zero-order valence-corrected chi connectivity index (χ0v) is 21.9. The molecule has 8 nitrogen and oxygen atoms in total. The highest BCUT2D eigenvalue weighted by Crippen LogP contribution is 2.57. The number of alkyl halides is 3. The summed E-state index contributed by atoms with van der Waals surface area (Å²) in [5, 5.41) is 6.42. The monoisotopic (exact) mass is 568 g/mol. The summed E-state index contributed by atoms with van der Waals surface area (Å²) in [6.45, 7) is 4.03. The van der Waals surface area contributed by atoms with Crippen molar-refractivity contribution in [3.05, 3.63) is 45.9 Å². The first-order chi connectivity index (χ1) is 18.0. The standard InChI is InChI=1S/C25H25Cl2F3N6O2/c1-14(37)35-6-8-36(9-7-35)21-12-20-19(11-17(21)27)33-23(34-20)32-18-10-15(2-3-16(18)26)13-31-22(38)24(4-5-24)25(28,29)30/h2-3,10-12H,4-9,13H2,1H3,(H,31,38)(H2,32,33,34). The predicted octanol–water partition coefficient (Wildman–Crippen LogP) is 5.24. The Morgan fingerprint density at radius 3 is 2.42 bits per heavy atom. The van der Waals surface area contributed by atoms with Crippen molar-refractivity contribution in [1.29, 1.82) is 0 Å². The van der Waals surface area contributed by atoms with Crippen LogP contribution in [0.2, 0.25) is 10.0 Å². The number of imidazole rings is 1. The van der Waals surface area contributed by atoms with Crippen LogP contribution in [0.4, 0.5) is 30.5 Å². The topological polar surface area (TPSA) is 93.4 Å². The fourth-order valence-electron chi connectivity index (χ4n) is 4.60. The third-order valence-corrected chi connectivity index (χ3v) is 7.71. The molecule has 202 valence electrons. The number of carbonyl (C=O) groups excluding carboxylic acids is 2. The molecule has 2 aromatic carbocycles. The Hall–Kier alpha value is -3.18. The van der Waals surface area contributed by atoms with Crippen molar-refractivity contribution in [3.8, 4) is 0 Å². The second kappa shape index (κ2) is 9.85. The molecule has 3 N–H and O–H groups in total. The summed E-state index contributed by atoms with van der Waals surface area (Å²) in [5.74, 6) is -0.568. The summed E-state index contributed by atoms with van der Waals surface area (Å²) in [4.78, 5) is 35.4. The molecule has 0 radical (unpaired) electrons. The normalized spacial score (nSPS) is 17.0. The lowest BCUT2D eigenvalue weighted by atomic mass is 10.1. The number of carbonyl (C=O) groups is 2. The molecular weight excluding hydrogens is 544 g/mol. The van der Waals surface area contributed by atoms with E-state index in [2.05, 4.69) is 25.5 Å². The predicted molar refractivity (Wildman–Crippen MR) is 140 cm³/mol. The van der Waals surface area contributed by atoms with Gasteiger partial charge in [0, 0.05) is 39.6 Å². The van der Waals surface area contributed by atoms with Crippen LogP contribution < -0.4 is 15.5 Å². The maximum atomic E-state index is 13.2. The Morgan fingerprint density at radius 2 is 1.79 bits per heavy atom.